The van der Waals surface area contributed by atoms with Crippen molar-refractivity contribution in [3.05, 3.63) is 12.2 Å². The molecule has 0 aromatic carbocycles. The van der Waals surface area contributed by atoms with Gasteiger partial charge >= 0.3 is 0 Å². The summed E-state index contributed by atoms with van der Waals surface area (Å²) in [5.41, 5.74) is 0.732. The predicted octanol–water partition coefficient (Wildman–Crippen LogP) is 1.49. The number of rotatable bonds is 4. The van der Waals surface area contributed by atoms with Crippen LogP contribution in [-0.4, -0.2) is 25.7 Å². The Morgan fingerprint density at radius 2 is 2.14 bits per heavy atom. The smallest absolute Gasteiger partial charge is 0.153 e. The van der Waals surface area contributed by atoms with E-state index in [1.807, 2.05) is 0 Å². The van der Waals surface area contributed by atoms with Crippen molar-refractivity contribution in [2.24, 2.45) is 0 Å². The molecular formula is C10H16O3S. The van der Waals surface area contributed by atoms with Crippen LogP contribution in [0.5, 0.6) is 0 Å². The van der Waals surface area contributed by atoms with E-state index in [0.29, 0.717) is 12.2 Å². The topological polar surface area (TPSA) is 51.2 Å². The van der Waals surface area contributed by atoms with Crippen LogP contribution in [-0.2, 0) is 14.6 Å². The molecule has 0 radical (unpaired) electrons. The molecule has 0 aliphatic carbocycles. The van der Waals surface area contributed by atoms with Gasteiger partial charge in [-0.1, -0.05) is 18.6 Å². The lowest BCUT2D eigenvalue weighted by atomic mass is 10.1. The van der Waals surface area contributed by atoms with Crippen molar-refractivity contribution in [3.8, 4) is 0 Å². The molecule has 0 N–H and O–H groups in total. The van der Waals surface area contributed by atoms with Crippen LogP contribution in [0.1, 0.15) is 32.1 Å². The molecule has 0 amide bonds. The van der Waals surface area contributed by atoms with E-state index >= 15 is 0 Å². The van der Waals surface area contributed by atoms with Gasteiger partial charge in [-0.05, 0) is 19.3 Å². The summed E-state index contributed by atoms with van der Waals surface area (Å²) in [6, 6.07) is 0. The van der Waals surface area contributed by atoms with Crippen molar-refractivity contribution in [1.82, 2.24) is 0 Å². The fourth-order valence-corrected chi connectivity index (χ4v) is 3.73. The first-order valence-corrected chi connectivity index (χ1v) is 6.59. The number of carbonyl (C=O) groups is 1. The molecule has 0 saturated carbocycles. The Balaban J connectivity index is 2.58. The molecule has 1 saturated heterocycles. The van der Waals surface area contributed by atoms with Gasteiger partial charge in [-0.2, -0.15) is 0 Å². The van der Waals surface area contributed by atoms with Crippen LogP contribution in [0.4, 0.5) is 0 Å². The Labute approximate surface area is 85.1 Å². The summed E-state index contributed by atoms with van der Waals surface area (Å²) in [6.07, 6.45) is 3.99. The van der Waals surface area contributed by atoms with Gasteiger partial charge in [-0.3, -0.25) is 0 Å². The molecule has 80 valence electrons. The highest BCUT2D eigenvalue weighted by Crippen LogP contribution is 2.25. The van der Waals surface area contributed by atoms with Crippen molar-refractivity contribution in [3.63, 3.8) is 0 Å². The summed E-state index contributed by atoms with van der Waals surface area (Å²) in [7, 11) is -2.91. The lowest BCUT2D eigenvalue weighted by molar-refractivity contribution is -0.107. The minimum Gasteiger partial charge on any atom is -0.303 e. The van der Waals surface area contributed by atoms with E-state index in [9.17, 15) is 13.2 Å². The molecule has 0 spiro atoms. The highest BCUT2D eigenvalue weighted by Gasteiger charge is 2.28. The molecular weight excluding hydrogens is 200 g/mol. The van der Waals surface area contributed by atoms with Gasteiger partial charge in [0.1, 0.15) is 6.29 Å². The maximum atomic E-state index is 11.6. The van der Waals surface area contributed by atoms with E-state index in [0.717, 1.165) is 31.1 Å². The van der Waals surface area contributed by atoms with Crippen LogP contribution < -0.4 is 0 Å². The number of aldehydes is 1. The number of hydrogen-bond acceptors (Lipinski definition) is 3. The van der Waals surface area contributed by atoms with E-state index in [1.165, 1.54) is 0 Å². The largest absolute Gasteiger partial charge is 0.303 e. The monoisotopic (exact) mass is 216 g/mol. The van der Waals surface area contributed by atoms with Crippen molar-refractivity contribution in [2.45, 2.75) is 37.4 Å². The number of hydrogen-bond donors (Lipinski definition) is 0. The summed E-state index contributed by atoms with van der Waals surface area (Å²) in [6.45, 7) is 3.71. The highest BCUT2D eigenvalue weighted by molar-refractivity contribution is 7.92. The van der Waals surface area contributed by atoms with Crippen LogP contribution in [0.2, 0.25) is 0 Å². The summed E-state index contributed by atoms with van der Waals surface area (Å²) in [4.78, 5) is 10.2. The summed E-state index contributed by atoms with van der Waals surface area (Å²) in [5.74, 6) is 0.298. The van der Waals surface area contributed by atoms with Crippen molar-refractivity contribution >= 4 is 16.1 Å². The maximum absolute atomic E-state index is 11.6. The Bertz CT molecular complexity index is 316. The third-order valence-electron chi connectivity index (χ3n) is 2.60. The van der Waals surface area contributed by atoms with E-state index in [-0.39, 0.29) is 11.7 Å². The molecule has 1 rings (SSSR count). The summed E-state index contributed by atoms with van der Waals surface area (Å²) in [5, 5.41) is -0.288. The summed E-state index contributed by atoms with van der Waals surface area (Å²) < 4.78 is 23.2. The van der Waals surface area contributed by atoms with Gasteiger partial charge < -0.3 is 4.79 Å². The van der Waals surface area contributed by atoms with E-state index in [2.05, 4.69) is 6.58 Å². The molecule has 1 aliphatic rings. The molecule has 1 fully saturated rings. The van der Waals surface area contributed by atoms with Gasteiger partial charge in [-0.25, -0.2) is 8.42 Å². The Morgan fingerprint density at radius 3 is 2.71 bits per heavy atom. The number of sulfone groups is 1. The average molecular weight is 216 g/mol. The van der Waals surface area contributed by atoms with Gasteiger partial charge in [0.15, 0.2) is 9.84 Å². The van der Waals surface area contributed by atoms with Gasteiger partial charge in [0.05, 0.1) is 11.0 Å². The van der Waals surface area contributed by atoms with Crippen LogP contribution in [0.3, 0.4) is 0 Å². The third-order valence-corrected chi connectivity index (χ3v) is 4.88. The van der Waals surface area contributed by atoms with Crippen LogP contribution in [0.25, 0.3) is 0 Å². The third kappa shape index (κ3) is 2.94. The van der Waals surface area contributed by atoms with Crippen LogP contribution in [0, 0.1) is 0 Å². The molecule has 1 aliphatic heterocycles. The SMILES string of the molecule is C=C(CC=O)CC1CCCCS1(=O)=O. The molecule has 0 aromatic heterocycles. The van der Waals surface area contributed by atoms with Crippen LogP contribution >= 0.6 is 0 Å². The zero-order chi connectivity index (χ0) is 10.6. The number of carbonyl (C=O) groups excluding carboxylic acids is 1. The Morgan fingerprint density at radius 1 is 1.43 bits per heavy atom. The molecule has 4 heteroatoms. The van der Waals surface area contributed by atoms with Gasteiger partial charge in [0.25, 0.3) is 0 Å². The van der Waals surface area contributed by atoms with Gasteiger partial charge in [-0.15, -0.1) is 0 Å². The lowest BCUT2D eigenvalue weighted by Crippen LogP contribution is -2.28. The van der Waals surface area contributed by atoms with E-state index < -0.39 is 9.84 Å². The normalized spacial score (nSPS) is 25.6. The van der Waals surface area contributed by atoms with Crippen molar-refractivity contribution in [2.75, 3.05) is 5.75 Å². The first kappa shape index (κ1) is 11.4. The van der Waals surface area contributed by atoms with Crippen molar-refractivity contribution < 1.29 is 13.2 Å². The fraction of sp³-hybridized carbons (Fsp3) is 0.700. The zero-order valence-electron chi connectivity index (χ0n) is 8.24. The predicted molar refractivity (Wildman–Crippen MR) is 55.9 cm³/mol. The zero-order valence-corrected chi connectivity index (χ0v) is 9.05. The average Bonchev–Trinajstić information content (AvgIpc) is 2.09. The minimum atomic E-state index is -2.91. The highest BCUT2D eigenvalue weighted by atomic mass is 32.2. The van der Waals surface area contributed by atoms with E-state index in [1.54, 1.807) is 0 Å². The first-order chi connectivity index (χ1) is 6.56. The lowest BCUT2D eigenvalue weighted by Gasteiger charge is -2.22. The molecule has 1 atom stereocenters. The quantitative estimate of drug-likeness (QED) is 0.528. The Hall–Kier alpha value is -0.640. The first-order valence-electron chi connectivity index (χ1n) is 4.88. The van der Waals surface area contributed by atoms with Gasteiger partial charge in [0, 0.05) is 6.42 Å². The molecule has 1 heterocycles. The fourth-order valence-electron chi connectivity index (χ4n) is 1.77. The second-order valence-electron chi connectivity index (χ2n) is 3.81. The molecule has 0 aromatic rings. The maximum Gasteiger partial charge on any atom is 0.153 e. The molecule has 3 nitrogen and oxygen atoms in total. The van der Waals surface area contributed by atoms with Crippen LogP contribution in [0.15, 0.2) is 12.2 Å². The van der Waals surface area contributed by atoms with E-state index in [4.69, 9.17) is 0 Å². The second-order valence-corrected chi connectivity index (χ2v) is 6.21. The molecule has 1 unspecified atom stereocenters. The van der Waals surface area contributed by atoms with Gasteiger partial charge in [0.2, 0.25) is 0 Å². The second kappa shape index (κ2) is 4.73. The standard InChI is InChI=1S/C10H16O3S/c1-9(5-6-11)8-10-4-2-3-7-14(10,12)13/h6,10H,1-5,7-8H2. The van der Waals surface area contributed by atoms with Crippen molar-refractivity contribution in [1.29, 1.82) is 0 Å². The molecule has 0 bridgehead atoms. The molecule has 14 heavy (non-hydrogen) atoms. The minimum absolute atomic E-state index is 0.284. The Kier molecular flexibility index (Phi) is 3.86. The number of allylic oxidation sites excluding steroid dienone is 1. The summed E-state index contributed by atoms with van der Waals surface area (Å²) >= 11 is 0.